The molecule has 0 aliphatic carbocycles. The zero-order valence-electron chi connectivity index (χ0n) is 10.8. The molecule has 0 fully saturated rings. The fourth-order valence-electron chi connectivity index (χ4n) is 2.00. The van der Waals surface area contributed by atoms with Gasteiger partial charge in [0.1, 0.15) is 5.82 Å². The highest BCUT2D eigenvalue weighted by atomic mass is 19.1. The summed E-state index contributed by atoms with van der Waals surface area (Å²) in [6.45, 7) is 1.79. The number of benzene rings is 2. The summed E-state index contributed by atoms with van der Waals surface area (Å²) < 4.78 is 13.0. The molecule has 1 atom stereocenters. The third kappa shape index (κ3) is 3.26. The highest BCUT2D eigenvalue weighted by Gasteiger charge is 2.16. The predicted molar refractivity (Wildman–Crippen MR) is 73.2 cm³/mol. The number of rotatable bonds is 4. The first kappa shape index (κ1) is 13.4. The molecule has 2 aromatic carbocycles. The van der Waals surface area contributed by atoms with Gasteiger partial charge >= 0.3 is 0 Å². The number of halogens is 1. The van der Waals surface area contributed by atoms with Gasteiger partial charge in [-0.1, -0.05) is 36.4 Å². The molecular formula is C16H16FNO. The van der Waals surface area contributed by atoms with E-state index >= 15 is 0 Å². The lowest BCUT2D eigenvalue weighted by Crippen LogP contribution is -2.23. The Hall–Kier alpha value is -2.00. The highest BCUT2D eigenvalue weighted by molar-refractivity contribution is 5.87. The van der Waals surface area contributed by atoms with Gasteiger partial charge in [0.05, 0.1) is 6.04 Å². The quantitative estimate of drug-likeness (QED) is 0.915. The van der Waals surface area contributed by atoms with E-state index in [2.05, 4.69) is 0 Å². The molecule has 2 nitrogen and oxygen atoms in total. The molecule has 0 saturated heterocycles. The predicted octanol–water partition coefficient (Wildman–Crippen LogP) is 2.95. The summed E-state index contributed by atoms with van der Waals surface area (Å²) in [5.41, 5.74) is 8.33. The van der Waals surface area contributed by atoms with Crippen molar-refractivity contribution < 1.29 is 9.18 Å². The van der Waals surface area contributed by atoms with Crippen molar-refractivity contribution in [1.29, 1.82) is 0 Å². The number of carbonyl (C=O) groups excluding carboxylic acids is 1. The highest BCUT2D eigenvalue weighted by Crippen LogP contribution is 2.16. The molecule has 2 N–H and O–H groups in total. The second kappa shape index (κ2) is 5.76. The van der Waals surface area contributed by atoms with Crippen LogP contribution in [0.1, 0.15) is 22.7 Å². The molecule has 0 heterocycles. The van der Waals surface area contributed by atoms with Crippen LogP contribution in [0.25, 0.3) is 0 Å². The van der Waals surface area contributed by atoms with Gasteiger partial charge < -0.3 is 5.73 Å². The summed E-state index contributed by atoms with van der Waals surface area (Å²) in [7, 11) is 0. The van der Waals surface area contributed by atoms with E-state index in [1.54, 1.807) is 13.0 Å². The summed E-state index contributed by atoms with van der Waals surface area (Å²) in [5.74, 6) is -0.359. The summed E-state index contributed by atoms with van der Waals surface area (Å²) in [5, 5.41) is 0. The van der Waals surface area contributed by atoms with Crippen molar-refractivity contribution in [3.63, 3.8) is 0 Å². The first-order valence-electron chi connectivity index (χ1n) is 6.16. The Morgan fingerprint density at radius 3 is 2.53 bits per heavy atom. The van der Waals surface area contributed by atoms with Crippen molar-refractivity contribution in [3.05, 3.63) is 71.0 Å². The molecule has 3 heteroatoms. The van der Waals surface area contributed by atoms with E-state index < -0.39 is 6.04 Å². The van der Waals surface area contributed by atoms with Gasteiger partial charge in [-0.15, -0.1) is 0 Å². The van der Waals surface area contributed by atoms with Gasteiger partial charge in [0.15, 0.2) is 5.78 Å². The average molecular weight is 257 g/mol. The van der Waals surface area contributed by atoms with Crippen LogP contribution < -0.4 is 5.73 Å². The molecule has 2 rings (SSSR count). The molecule has 0 aromatic heterocycles. The number of hydrogen-bond donors (Lipinski definition) is 1. The summed E-state index contributed by atoms with van der Waals surface area (Å²) in [6.07, 6.45) is 0.224. The van der Waals surface area contributed by atoms with Crippen molar-refractivity contribution in [2.24, 2.45) is 5.73 Å². The Morgan fingerprint density at radius 1 is 1.21 bits per heavy atom. The van der Waals surface area contributed by atoms with Crippen molar-refractivity contribution in [1.82, 2.24) is 0 Å². The molecule has 19 heavy (non-hydrogen) atoms. The Labute approximate surface area is 112 Å². The zero-order valence-corrected chi connectivity index (χ0v) is 10.8. The number of nitrogens with two attached hydrogens (primary N) is 1. The van der Waals surface area contributed by atoms with Crippen LogP contribution in [-0.2, 0) is 11.2 Å². The van der Waals surface area contributed by atoms with E-state index in [4.69, 9.17) is 5.73 Å². The van der Waals surface area contributed by atoms with Gasteiger partial charge in [0.25, 0.3) is 0 Å². The van der Waals surface area contributed by atoms with Crippen molar-refractivity contribution in [2.75, 3.05) is 0 Å². The zero-order chi connectivity index (χ0) is 13.8. The van der Waals surface area contributed by atoms with Crippen LogP contribution in [0, 0.1) is 12.7 Å². The van der Waals surface area contributed by atoms with Crippen LogP contribution in [-0.4, -0.2) is 5.78 Å². The molecular weight excluding hydrogens is 241 g/mol. The van der Waals surface area contributed by atoms with Crippen LogP contribution in [0.2, 0.25) is 0 Å². The van der Waals surface area contributed by atoms with Crippen molar-refractivity contribution in [3.8, 4) is 0 Å². The van der Waals surface area contributed by atoms with E-state index in [-0.39, 0.29) is 18.0 Å². The first-order valence-corrected chi connectivity index (χ1v) is 6.16. The van der Waals surface area contributed by atoms with Crippen LogP contribution >= 0.6 is 0 Å². The van der Waals surface area contributed by atoms with Gasteiger partial charge in [0.2, 0.25) is 0 Å². The normalized spacial score (nSPS) is 12.2. The largest absolute Gasteiger partial charge is 0.318 e. The Bertz CT molecular complexity index is 581. The molecule has 98 valence electrons. The minimum absolute atomic E-state index is 0.0686. The fraction of sp³-hybridized carbons (Fsp3) is 0.188. The number of Topliss-reactive ketones (excluding diaryl/α,β-unsaturated/α-hetero) is 1. The Morgan fingerprint density at radius 2 is 1.89 bits per heavy atom. The molecule has 0 saturated carbocycles. The van der Waals surface area contributed by atoms with Crippen molar-refractivity contribution >= 4 is 5.78 Å². The second-order valence-corrected chi connectivity index (χ2v) is 4.60. The van der Waals surface area contributed by atoms with Gasteiger partial charge in [0, 0.05) is 6.42 Å². The van der Waals surface area contributed by atoms with Gasteiger partial charge in [-0.2, -0.15) is 0 Å². The van der Waals surface area contributed by atoms with Gasteiger partial charge in [-0.25, -0.2) is 4.39 Å². The Kier molecular flexibility index (Phi) is 4.07. The number of hydrogen-bond acceptors (Lipinski definition) is 2. The summed E-state index contributed by atoms with van der Waals surface area (Å²) in [6, 6.07) is 13.0. The smallest absolute Gasteiger partial charge is 0.158 e. The van der Waals surface area contributed by atoms with Gasteiger partial charge in [-0.05, 0) is 35.7 Å². The Balaban J connectivity index is 2.13. The number of carbonyl (C=O) groups is 1. The summed E-state index contributed by atoms with van der Waals surface area (Å²) in [4.78, 5) is 12.1. The summed E-state index contributed by atoms with van der Waals surface area (Å²) >= 11 is 0. The molecule has 0 amide bonds. The van der Waals surface area contributed by atoms with Crippen LogP contribution in [0.3, 0.4) is 0 Å². The molecule has 0 radical (unpaired) electrons. The van der Waals surface area contributed by atoms with Gasteiger partial charge in [-0.3, -0.25) is 4.79 Å². The van der Waals surface area contributed by atoms with Crippen molar-refractivity contribution in [2.45, 2.75) is 19.4 Å². The van der Waals surface area contributed by atoms with E-state index in [1.165, 1.54) is 12.1 Å². The lowest BCUT2D eigenvalue weighted by Gasteiger charge is -2.12. The molecule has 0 aliphatic heterocycles. The average Bonchev–Trinajstić information content (AvgIpc) is 2.42. The van der Waals surface area contributed by atoms with Crippen LogP contribution in [0.4, 0.5) is 4.39 Å². The minimum Gasteiger partial charge on any atom is -0.318 e. The molecule has 2 aromatic rings. The lowest BCUT2D eigenvalue weighted by atomic mass is 9.96. The van der Waals surface area contributed by atoms with E-state index in [0.29, 0.717) is 0 Å². The molecule has 0 unspecified atom stereocenters. The van der Waals surface area contributed by atoms with Crippen LogP contribution in [0.5, 0.6) is 0 Å². The van der Waals surface area contributed by atoms with E-state index in [9.17, 15) is 9.18 Å². The van der Waals surface area contributed by atoms with E-state index in [1.807, 2.05) is 30.3 Å². The fourth-order valence-corrected chi connectivity index (χ4v) is 2.00. The first-order chi connectivity index (χ1) is 9.08. The minimum atomic E-state index is -0.634. The molecule has 0 aliphatic rings. The standard InChI is InChI=1S/C16H16FNO/c1-11-9-14(17)8-7-13(11)10-15(19)16(18)12-5-3-2-4-6-12/h2-9,16H,10,18H2,1H3/t16-/m1/s1. The van der Waals surface area contributed by atoms with Crippen LogP contribution in [0.15, 0.2) is 48.5 Å². The second-order valence-electron chi connectivity index (χ2n) is 4.60. The van der Waals surface area contributed by atoms with E-state index in [0.717, 1.165) is 16.7 Å². The monoisotopic (exact) mass is 257 g/mol. The topological polar surface area (TPSA) is 43.1 Å². The third-order valence-electron chi connectivity index (χ3n) is 3.17. The molecule has 0 bridgehead atoms. The maximum Gasteiger partial charge on any atom is 0.158 e. The maximum atomic E-state index is 13.0. The third-order valence-corrected chi connectivity index (χ3v) is 3.17. The molecule has 0 spiro atoms. The lowest BCUT2D eigenvalue weighted by molar-refractivity contribution is -0.119. The number of aryl methyl sites for hydroxylation is 1. The number of ketones is 1. The SMILES string of the molecule is Cc1cc(F)ccc1CC(=O)[C@H](N)c1ccccc1. The maximum absolute atomic E-state index is 13.0.